The predicted octanol–water partition coefficient (Wildman–Crippen LogP) is 8.16. The van der Waals surface area contributed by atoms with Gasteiger partial charge in [-0.2, -0.15) is 0 Å². The highest BCUT2D eigenvalue weighted by molar-refractivity contribution is 6.11. The molecule has 5 nitrogen and oxygen atoms in total. The van der Waals surface area contributed by atoms with E-state index >= 15 is 0 Å². The molecule has 0 aliphatic carbocycles. The van der Waals surface area contributed by atoms with Crippen molar-refractivity contribution in [3.05, 3.63) is 101 Å². The molecule has 2 aromatic heterocycles. The van der Waals surface area contributed by atoms with E-state index in [1.165, 1.54) is 49.8 Å². The van der Waals surface area contributed by atoms with E-state index in [1.54, 1.807) is 13.4 Å². The molecule has 0 saturated heterocycles. The molecule has 6 rings (SSSR count). The maximum absolute atomic E-state index is 5.65. The summed E-state index contributed by atoms with van der Waals surface area (Å²) in [7, 11) is 1.72. The zero-order chi connectivity index (χ0) is 27.4. The summed E-state index contributed by atoms with van der Waals surface area (Å²) in [4.78, 5) is 13.1. The maximum Gasteiger partial charge on any atom is 0.162 e. The molecule has 0 atom stereocenters. The summed E-state index contributed by atoms with van der Waals surface area (Å²) in [6.45, 7) is 12.8. The summed E-state index contributed by atoms with van der Waals surface area (Å²) >= 11 is 0. The van der Waals surface area contributed by atoms with Gasteiger partial charge in [0, 0.05) is 16.3 Å². The first-order valence-corrected chi connectivity index (χ1v) is 13.2. The molecular formula is C34H32N4O. The van der Waals surface area contributed by atoms with Crippen LogP contribution in [-0.4, -0.2) is 26.6 Å². The fraction of sp³-hybridized carbons (Fsp3) is 0.206. The van der Waals surface area contributed by atoms with Crippen LogP contribution in [0.4, 0.5) is 0 Å². The summed E-state index contributed by atoms with van der Waals surface area (Å²) < 4.78 is 8.03. The average Bonchev–Trinajstić information content (AvgIpc) is 3.20. The van der Waals surface area contributed by atoms with Gasteiger partial charge in [0.2, 0.25) is 0 Å². The normalized spacial score (nSPS) is 11.5. The van der Waals surface area contributed by atoms with Crippen LogP contribution in [0, 0.1) is 41.5 Å². The number of aromatic nitrogens is 4. The Kier molecular flexibility index (Phi) is 5.95. The molecule has 0 saturated carbocycles. The van der Waals surface area contributed by atoms with E-state index in [2.05, 4.69) is 109 Å². The second kappa shape index (κ2) is 9.35. The Labute approximate surface area is 229 Å². The topological polar surface area (TPSA) is 52.8 Å². The van der Waals surface area contributed by atoms with Gasteiger partial charge in [0.05, 0.1) is 23.8 Å². The smallest absolute Gasteiger partial charge is 0.162 e. The van der Waals surface area contributed by atoms with E-state index < -0.39 is 0 Å². The molecule has 0 spiro atoms. The second-order valence-electron chi connectivity index (χ2n) is 10.5. The third-order valence-corrected chi connectivity index (χ3v) is 7.60. The number of rotatable bonds is 4. The first kappa shape index (κ1) is 24.8. The standard InChI is InChI=1S/C34H32N4O/c1-19-12-20(2)32(21(3)13-19)25-8-10-30-28(16-25)29-17-27(39-7)9-11-31(29)38(30)33-22(4)14-26(15-23(33)5)34-36-18-35-24(6)37-34/h8-18H,1-7H3. The molecule has 0 radical (unpaired) electrons. The predicted molar refractivity (Wildman–Crippen MR) is 160 cm³/mol. The molecule has 6 aromatic rings. The molecule has 2 heterocycles. The van der Waals surface area contributed by atoms with Crippen LogP contribution in [0.5, 0.6) is 5.75 Å². The molecular weight excluding hydrogens is 480 g/mol. The lowest BCUT2D eigenvalue weighted by Crippen LogP contribution is -2.02. The first-order chi connectivity index (χ1) is 18.7. The van der Waals surface area contributed by atoms with Gasteiger partial charge in [0.1, 0.15) is 17.9 Å². The van der Waals surface area contributed by atoms with Gasteiger partial charge < -0.3 is 9.30 Å². The summed E-state index contributed by atoms with van der Waals surface area (Å²) in [5.41, 5.74) is 13.2. The van der Waals surface area contributed by atoms with Crippen molar-refractivity contribution in [3.8, 4) is 34.0 Å². The van der Waals surface area contributed by atoms with Gasteiger partial charge >= 0.3 is 0 Å². The van der Waals surface area contributed by atoms with Gasteiger partial charge in [-0.25, -0.2) is 15.0 Å². The van der Waals surface area contributed by atoms with Gasteiger partial charge in [-0.1, -0.05) is 23.8 Å². The van der Waals surface area contributed by atoms with Crippen molar-refractivity contribution in [2.75, 3.05) is 7.11 Å². The lowest BCUT2D eigenvalue weighted by Gasteiger charge is -2.17. The number of nitrogens with zero attached hydrogens (tertiary/aromatic N) is 4. The molecule has 0 fully saturated rings. The van der Waals surface area contributed by atoms with Crippen molar-refractivity contribution in [1.82, 2.24) is 19.5 Å². The van der Waals surface area contributed by atoms with E-state index in [0.717, 1.165) is 28.0 Å². The van der Waals surface area contributed by atoms with E-state index in [4.69, 9.17) is 4.74 Å². The zero-order valence-electron chi connectivity index (χ0n) is 23.5. The molecule has 4 aromatic carbocycles. The van der Waals surface area contributed by atoms with Gasteiger partial charge in [-0.05, 0) is 117 Å². The van der Waals surface area contributed by atoms with Crippen LogP contribution in [0.3, 0.4) is 0 Å². The summed E-state index contributed by atoms with van der Waals surface area (Å²) in [5, 5.41) is 2.38. The van der Waals surface area contributed by atoms with Gasteiger partial charge in [-0.15, -0.1) is 0 Å². The van der Waals surface area contributed by atoms with Crippen molar-refractivity contribution < 1.29 is 4.74 Å². The summed E-state index contributed by atoms with van der Waals surface area (Å²) in [6, 6.07) is 22.1. The van der Waals surface area contributed by atoms with Crippen LogP contribution >= 0.6 is 0 Å². The van der Waals surface area contributed by atoms with Crippen LogP contribution in [-0.2, 0) is 0 Å². The Hall–Kier alpha value is -4.51. The molecule has 0 bridgehead atoms. The summed E-state index contributed by atoms with van der Waals surface area (Å²) in [5.74, 6) is 2.26. The second-order valence-corrected chi connectivity index (χ2v) is 10.5. The largest absolute Gasteiger partial charge is 0.497 e. The van der Waals surface area contributed by atoms with Crippen molar-refractivity contribution in [2.45, 2.75) is 41.5 Å². The SMILES string of the molecule is COc1ccc2c(c1)c1cc(-c3c(C)cc(C)cc3C)ccc1n2-c1c(C)cc(-c2ncnc(C)n2)cc1C. The Morgan fingerprint density at radius 1 is 0.641 bits per heavy atom. The molecule has 0 unspecified atom stereocenters. The Balaban J connectivity index is 1.63. The van der Waals surface area contributed by atoms with Gasteiger partial charge in [0.25, 0.3) is 0 Å². The number of hydrogen-bond donors (Lipinski definition) is 0. The molecule has 194 valence electrons. The molecule has 5 heteroatoms. The highest BCUT2D eigenvalue weighted by Gasteiger charge is 2.19. The van der Waals surface area contributed by atoms with Crippen molar-refractivity contribution in [2.24, 2.45) is 0 Å². The third kappa shape index (κ3) is 4.15. The van der Waals surface area contributed by atoms with Crippen LogP contribution in [0.2, 0.25) is 0 Å². The van der Waals surface area contributed by atoms with Gasteiger partial charge in [0.15, 0.2) is 5.82 Å². The Morgan fingerprint density at radius 2 is 1.28 bits per heavy atom. The fourth-order valence-electron chi connectivity index (χ4n) is 6.12. The van der Waals surface area contributed by atoms with Crippen LogP contribution in [0.1, 0.15) is 33.6 Å². The van der Waals surface area contributed by atoms with Crippen LogP contribution < -0.4 is 4.74 Å². The number of hydrogen-bond acceptors (Lipinski definition) is 4. The summed E-state index contributed by atoms with van der Waals surface area (Å²) in [6.07, 6.45) is 1.58. The molecule has 0 N–H and O–H groups in total. The minimum Gasteiger partial charge on any atom is -0.497 e. The number of ether oxygens (including phenoxy) is 1. The monoisotopic (exact) mass is 512 g/mol. The lowest BCUT2D eigenvalue weighted by molar-refractivity contribution is 0.415. The van der Waals surface area contributed by atoms with E-state index in [1.807, 2.05) is 13.0 Å². The molecule has 0 aliphatic heterocycles. The lowest BCUT2D eigenvalue weighted by atomic mass is 9.93. The highest BCUT2D eigenvalue weighted by atomic mass is 16.5. The van der Waals surface area contributed by atoms with Crippen LogP contribution in [0.15, 0.2) is 67.0 Å². The number of methoxy groups -OCH3 is 1. The van der Waals surface area contributed by atoms with Crippen LogP contribution in [0.25, 0.3) is 50.0 Å². The Bertz CT molecular complexity index is 1870. The average molecular weight is 513 g/mol. The maximum atomic E-state index is 5.65. The van der Waals surface area contributed by atoms with E-state index in [9.17, 15) is 0 Å². The van der Waals surface area contributed by atoms with Crippen molar-refractivity contribution in [1.29, 1.82) is 0 Å². The van der Waals surface area contributed by atoms with E-state index in [-0.39, 0.29) is 0 Å². The third-order valence-electron chi connectivity index (χ3n) is 7.60. The molecule has 39 heavy (non-hydrogen) atoms. The first-order valence-electron chi connectivity index (χ1n) is 13.2. The van der Waals surface area contributed by atoms with E-state index in [0.29, 0.717) is 11.6 Å². The minimum atomic E-state index is 0.695. The number of benzene rings is 4. The minimum absolute atomic E-state index is 0.695. The van der Waals surface area contributed by atoms with Gasteiger partial charge in [-0.3, -0.25) is 0 Å². The van der Waals surface area contributed by atoms with Crippen molar-refractivity contribution >= 4 is 21.8 Å². The zero-order valence-corrected chi connectivity index (χ0v) is 23.5. The highest BCUT2D eigenvalue weighted by Crippen LogP contribution is 2.40. The fourth-order valence-corrected chi connectivity index (χ4v) is 6.12. The van der Waals surface area contributed by atoms with Crippen molar-refractivity contribution in [3.63, 3.8) is 0 Å². The Morgan fingerprint density at radius 3 is 1.92 bits per heavy atom. The number of aryl methyl sites for hydroxylation is 6. The quantitative estimate of drug-likeness (QED) is 0.239. The molecule has 0 aliphatic rings. The molecule has 0 amide bonds. The number of fused-ring (bicyclic) bond motifs is 3.